The van der Waals surface area contributed by atoms with Crippen LogP contribution in [0.15, 0.2) is 18.2 Å². The number of para-hydroxylation sites is 1. The SMILES string of the molecule is C.O=Cc1cccc(O)c1[N+](=O)[O-]. The third kappa shape index (κ3) is 2.02. The van der Waals surface area contributed by atoms with E-state index in [1.165, 1.54) is 12.1 Å². The average Bonchev–Trinajstić information content (AvgIpc) is 2.03. The van der Waals surface area contributed by atoms with E-state index in [-0.39, 0.29) is 13.0 Å². The maximum Gasteiger partial charge on any atom is 0.321 e. The van der Waals surface area contributed by atoms with Crippen molar-refractivity contribution >= 4 is 12.0 Å². The maximum absolute atomic E-state index is 10.3. The Morgan fingerprint density at radius 3 is 2.46 bits per heavy atom. The summed E-state index contributed by atoms with van der Waals surface area (Å²) in [7, 11) is 0. The topological polar surface area (TPSA) is 80.4 Å². The Labute approximate surface area is 74.8 Å². The number of hydrogen-bond acceptors (Lipinski definition) is 4. The molecule has 0 saturated heterocycles. The van der Waals surface area contributed by atoms with Gasteiger partial charge in [-0.2, -0.15) is 0 Å². The van der Waals surface area contributed by atoms with Crippen molar-refractivity contribution in [1.29, 1.82) is 0 Å². The van der Waals surface area contributed by atoms with E-state index in [2.05, 4.69) is 0 Å². The Kier molecular flexibility index (Phi) is 3.58. The molecule has 0 atom stereocenters. The van der Waals surface area contributed by atoms with Crippen molar-refractivity contribution in [3.63, 3.8) is 0 Å². The lowest BCUT2D eigenvalue weighted by Gasteiger charge is -1.96. The van der Waals surface area contributed by atoms with Gasteiger partial charge in [0.2, 0.25) is 0 Å². The van der Waals surface area contributed by atoms with Crippen molar-refractivity contribution in [3.05, 3.63) is 33.9 Å². The monoisotopic (exact) mass is 183 g/mol. The second-order valence-corrected chi connectivity index (χ2v) is 2.09. The Hall–Kier alpha value is -1.91. The van der Waals surface area contributed by atoms with E-state index in [1.807, 2.05) is 0 Å². The van der Waals surface area contributed by atoms with Gasteiger partial charge in [-0.25, -0.2) is 0 Å². The van der Waals surface area contributed by atoms with E-state index in [0.29, 0.717) is 6.29 Å². The summed E-state index contributed by atoms with van der Waals surface area (Å²) in [5.74, 6) is -0.496. The van der Waals surface area contributed by atoms with E-state index in [1.54, 1.807) is 0 Å². The maximum atomic E-state index is 10.3. The molecule has 0 aliphatic rings. The first-order valence-electron chi connectivity index (χ1n) is 3.08. The van der Waals surface area contributed by atoms with E-state index in [0.717, 1.165) is 6.07 Å². The van der Waals surface area contributed by atoms with Gasteiger partial charge < -0.3 is 5.11 Å². The van der Waals surface area contributed by atoms with Crippen LogP contribution in [0.3, 0.4) is 0 Å². The van der Waals surface area contributed by atoms with Crippen LogP contribution in [0.1, 0.15) is 17.8 Å². The molecule has 0 bridgehead atoms. The number of carbonyl (C=O) groups excluding carboxylic acids is 1. The smallest absolute Gasteiger partial charge is 0.321 e. The molecule has 0 fully saturated rings. The van der Waals surface area contributed by atoms with Crippen molar-refractivity contribution in [3.8, 4) is 5.75 Å². The summed E-state index contributed by atoms with van der Waals surface area (Å²) in [4.78, 5) is 19.8. The second-order valence-electron chi connectivity index (χ2n) is 2.09. The number of benzene rings is 1. The van der Waals surface area contributed by atoms with E-state index < -0.39 is 16.4 Å². The summed E-state index contributed by atoms with van der Waals surface area (Å²) < 4.78 is 0. The summed E-state index contributed by atoms with van der Waals surface area (Å²) in [6.45, 7) is 0. The molecular formula is C8H9NO4. The molecule has 13 heavy (non-hydrogen) atoms. The number of aldehydes is 1. The highest BCUT2D eigenvalue weighted by Crippen LogP contribution is 2.27. The van der Waals surface area contributed by atoms with Gasteiger partial charge in [-0.05, 0) is 12.1 Å². The van der Waals surface area contributed by atoms with Crippen molar-refractivity contribution in [1.82, 2.24) is 0 Å². The number of nitro groups is 1. The minimum Gasteiger partial charge on any atom is -0.502 e. The van der Waals surface area contributed by atoms with Gasteiger partial charge in [0.1, 0.15) is 0 Å². The number of nitro benzene ring substituents is 1. The Bertz CT molecular complexity index is 335. The lowest BCUT2D eigenvalue weighted by Crippen LogP contribution is -1.93. The number of carbonyl (C=O) groups is 1. The summed E-state index contributed by atoms with van der Waals surface area (Å²) in [6, 6.07) is 3.79. The Morgan fingerprint density at radius 2 is 2.08 bits per heavy atom. The van der Waals surface area contributed by atoms with Gasteiger partial charge in [0.25, 0.3) is 0 Å². The van der Waals surface area contributed by atoms with Gasteiger partial charge in [0.15, 0.2) is 12.0 Å². The van der Waals surface area contributed by atoms with E-state index in [9.17, 15) is 14.9 Å². The van der Waals surface area contributed by atoms with Crippen molar-refractivity contribution in [2.75, 3.05) is 0 Å². The number of phenols is 1. The zero-order valence-electron chi connectivity index (χ0n) is 5.93. The predicted octanol–water partition coefficient (Wildman–Crippen LogP) is 1.75. The van der Waals surface area contributed by atoms with Gasteiger partial charge >= 0.3 is 5.69 Å². The van der Waals surface area contributed by atoms with Gasteiger partial charge in [-0.15, -0.1) is 0 Å². The van der Waals surface area contributed by atoms with Crippen LogP contribution in [0.4, 0.5) is 5.69 Å². The zero-order chi connectivity index (χ0) is 9.14. The quantitative estimate of drug-likeness (QED) is 0.430. The van der Waals surface area contributed by atoms with Gasteiger partial charge in [0, 0.05) is 0 Å². The summed E-state index contributed by atoms with van der Waals surface area (Å²) in [5.41, 5.74) is -0.674. The number of aromatic hydroxyl groups is 1. The van der Waals surface area contributed by atoms with Crippen molar-refractivity contribution < 1.29 is 14.8 Å². The molecule has 1 aromatic carbocycles. The molecule has 1 aromatic rings. The average molecular weight is 183 g/mol. The molecule has 0 unspecified atom stereocenters. The van der Waals surface area contributed by atoms with E-state index in [4.69, 9.17) is 5.11 Å². The lowest BCUT2D eigenvalue weighted by atomic mass is 10.2. The predicted molar refractivity (Wildman–Crippen MR) is 46.9 cm³/mol. The molecule has 5 nitrogen and oxygen atoms in total. The number of phenolic OH excluding ortho intramolecular Hbond substituents is 1. The molecule has 0 radical (unpaired) electrons. The summed E-state index contributed by atoms with van der Waals surface area (Å²) in [6.07, 6.45) is 0.331. The van der Waals surface area contributed by atoms with Crippen molar-refractivity contribution in [2.45, 2.75) is 7.43 Å². The van der Waals surface area contributed by atoms with Crippen LogP contribution in [0.25, 0.3) is 0 Å². The third-order valence-electron chi connectivity index (χ3n) is 1.36. The van der Waals surface area contributed by atoms with Crippen LogP contribution >= 0.6 is 0 Å². The zero-order valence-corrected chi connectivity index (χ0v) is 5.93. The first kappa shape index (κ1) is 11.1. The molecule has 0 aromatic heterocycles. The third-order valence-corrected chi connectivity index (χ3v) is 1.36. The minimum absolute atomic E-state index is 0. The molecule has 70 valence electrons. The fraction of sp³-hybridized carbons (Fsp3) is 0.125. The Balaban J connectivity index is 0.00000144. The number of hydrogen-bond donors (Lipinski definition) is 1. The van der Waals surface area contributed by atoms with Crippen LogP contribution in [-0.4, -0.2) is 16.3 Å². The summed E-state index contributed by atoms with van der Waals surface area (Å²) >= 11 is 0. The highest BCUT2D eigenvalue weighted by atomic mass is 16.6. The molecule has 5 heteroatoms. The first-order chi connectivity index (χ1) is 5.66. The van der Waals surface area contributed by atoms with Crippen LogP contribution < -0.4 is 0 Å². The standard InChI is InChI=1S/C7H5NO4.CH4/c9-4-5-2-1-3-6(10)7(5)8(11)12;/h1-4,10H;1H4. The minimum atomic E-state index is -0.793. The molecule has 0 aliphatic heterocycles. The number of rotatable bonds is 2. The molecule has 0 spiro atoms. The fourth-order valence-corrected chi connectivity index (χ4v) is 0.843. The Morgan fingerprint density at radius 1 is 1.46 bits per heavy atom. The van der Waals surface area contributed by atoms with Crippen LogP contribution in [0.2, 0.25) is 0 Å². The second kappa shape index (κ2) is 4.20. The summed E-state index contributed by atoms with van der Waals surface area (Å²) in [5, 5.41) is 19.3. The van der Waals surface area contributed by atoms with Crippen molar-refractivity contribution in [2.24, 2.45) is 0 Å². The molecule has 1 N–H and O–H groups in total. The highest BCUT2D eigenvalue weighted by molar-refractivity contribution is 5.83. The van der Waals surface area contributed by atoms with Gasteiger partial charge in [-0.3, -0.25) is 14.9 Å². The lowest BCUT2D eigenvalue weighted by molar-refractivity contribution is -0.386. The van der Waals surface area contributed by atoms with Crippen LogP contribution in [0, 0.1) is 10.1 Å². The first-order valence-corrected chi connectivity index (χ1v) is 3.08. The molecule has 0 saturated carbocycles. The van der Waals surface area contributed by atoms with E-state index >= 15 is 0 Å². The van der Waals surface area contributed by atoms with Crippen LogP contribution in [0.5, 0.6) is 5.75 Å². The van der Waals surface area contributed by atoms with Crippen LogP contribution in [-0.2, 0) is 0 Å². The molecular weight excluding hydrogens is 174 g/mol. The normalized spacial score (nSPS) is 8.62. The fourth-order valence-electron chi connectivity index (χ4n) is 0.843. The largest absolute Gasteiger partial charge is 0.502 e. The molecule has 0 aliphatic carbocycles. The number of nitrogens with zero attached hydrogens (tertiary/aromatic N) is 1. The molecule has 1 rings (SSSR count). The van der Waals surface area contributed by atoms with Gasteiger partial charge in [-0.1, -0.05) is 13.5 Å². The molecule has 0 heterocycles. The highest BCUT2D eigenvalue weighted by Gasteiger charge is 2.17. The molecule has 0 amide bonds. The van der Waals surface area contributed by atoms with Gasteiger partial charge in [0.05, 0.1) is 10.5 Å².